The molecule has 0 unspecified atom stereocenters. The molecule has 6 nitrogen and oxygen atoms in total. The quantitative estimate of drug-likeness (QED) is 0.820. The van der Waals surface area contributed by atoms with E-state index in [1.165, 1.54) is 6.07 Å². The van der Waals surface area contributed by atoms with E-state index in [2.05, 4.69) is 5.32 Å². The zero-order chi connectivity index (χ0) is 13.8. The van der Waals surface area contributed by atoms with Crippen molar-refractivity contribution in [2.45, 2.75) is 13.5 Å². The third-order valence-corrected chi connectivity index (χ3v) is 3.07. The highest BCUT2D eigenvalue weighted by Gasteiger charge is 2.17. The molecule has 0 fully saturated rings. The molecular formula is C13H18N2O4. The number of hydrogen-bond acceptors (Lipinski definition) is 5. The van der Waals surface area contributed by atoms with Crippen molar-refractivity contribution < 1.29 is 19.4 Å². The number of benzene rings is 1. The number of phenols is 1. The van der Waals surface area contributed by atoms with Crippen molar-refractivity contribution in [2.75, 3.05) is 26.9 Å². The fourth-order valence-electron chi connectivity index (χ4n) is 1.73. The fourth-order valence-corrected chi connectivity index (χ4v) is 1.73. The van der Waals surface area contributed by atoms with Gasteiger partial charge in [0, 0.05) is 31.8 Å². The summed E-state index contributed by atoms with van der Waals surface area (Å²) < 4.78 is 10.4. The minimum atomic E-state index is 0.0164. The number of aromatic hydroxyl groups is 1. The molecule has 1 aliphatic rings. The number of phenolic OH excluding ortho intramolecular Hbond substituents is 1. The van der Waals surface area contributed by atoms with Crippen LogP contribution in [0.2, 0.25) is 0 Å². The molecule has 2 rings (SSSR count). The molecule has 1 aliphatic heterocycles. The number of hydrogen-bond donors (Lipinski definition) is 2. The second kappa shape index (κ2) is 5.79. The third-order valence-electron chi connectivity index (χ3n) is 3.07. The van der Waals surface area contributed by atoms with Gasteiger partial charge in [-0.1, -0.05) is 0 Å². The van der Waals surface area contributed by atoms with E-state index in [4.69, 9.17) is 9.47 Å². The van der Waals surface area contributed by atoms with Gasteiger partial charge < -0.3 is 24.8 Å². The van der Waals surface area contributed by atoms with Crippen molar-refractivity contribution in [3.63, 3.8) is 0 Å². The smallest absolute Gasteiger partial charge is 0.236 e. The van der Waals surface area contributed by atoms with Gasteiger partial charge in [-0.05, 0) is 13.0 Å². The molecule has 0 saturated carbocycles. The summed E-state index contributed by atoms with van der Waals surface area (Å²) in [5, 5.41) is 12.8. The molecule has 0 saturated heterocycles. The molecule has 0 aromatic heterocycles. The summed E-state index contributed by atoms with van der Waals surface area (Å²) in [4.78, 5) is 13.2. The van der Waals surface area contributed by atoms with E-state index in [-0.39, 0.29) is 25.0 Å². The van der Waals surface area contributed by atoms with Gasteiger partial charge in [0.05, 0.1) is 6.54 Å². The second-order valence-electron chi connectivity index (χ2n) is 4.35. The van der Waals surface area contributed by atoms with Crippen molar-refractivity contribution in [2.24, 2.45) is 0 Å². The molecule has 1 amide bonds. The van der Waals surface area contributed by atoms with E-state index >= 15 is 0 Å². The lowest BCUT2D eigenvalue weighted by Crippen LogP contribution is -2.35. The van der Waals surface area contributed by atoms with Crippen LogP contribution in [0.15, 0.2) is 12.1 Å². The van der Waals surface area contributed by atoms with Crippen LogP contribution in [0, 0.1) is 0 Å². The molecule has 0 spiro atoms. The maximum absolute atomic E-state index is 11.6. The molecule has 0 radical (unpaired) electrons. The minimum absolute atomic E-state index is 0.0164. The molecular weight excluding hydrogens is 248 g/mol. The monoisotopic (exact) mass is 266 g/mol. The van der Waals surface area contributed by atoms with Crippen LogP contribution in [-0.2, 0) is 11.3 Å². The Hall–Kier alpha value is -1.95. The number of nitrogens with one attached hydrogen (secondary N) is 1. The Labute approximate surface area is 111 Å². The highest BCUT2D eigenvalue weighted by molar-refractivity contribution is 5.77. The number of nitrogens with zero attached hydrogens (tertiary/aromatic N) is 1. The molecule has 0 aliphatic carbocycles. The van der Waals surface area contributed by atoms with E-state index in [1.54, 1.807) is 18.0 Å². The van der Waals surface area contributed by atoms with Crippen LogP contribution in [0.5, 0.6) is 17.2 Å². The van der Waals surface area contributed by atoms with Crippen molar-refractivity contribution in [3.8, 4) is 17.2 Å². The fraction of sp³-hybridized carbons (Fsp3) is 0.462. The minimum Gasteiger partial charge on any atom is -0.507 e. The maximum Gasteiger partial charge on any atom is 0.236 e. The standard InChI is InChI=1S/C13H18N2O4/c1-3-15(2)13(17)7-14-6-9-4-11-12(5-10(9)16)19-8-18-11/h4-5,14,16H,3,6-8H2,1-2H3. The summed E-state index contributed by atoms with van der Waals surface area (Å²) in [6, 6.07) is 3.25. The van der Waals surface area contributed by atoms with E-state index in [1.807, 2.05) is 6.92 Å². The van der Waals surface area contributed by atoms with Crippen LogP contribution < -0.4 is 14.8 Å². The third kappa shape index (κ3) is 3.08. The molecule has 19 heavy (non-hydrogen) atoms. The Bertz CT molecular complexity index is 476. The summed E-state index contributed by atoms with van der Waals surface area (Å²) in [5.74, 6) is 1.31. The number of carbonyl (C=O) groups is 1. The Kier molecular flexibility index (Phi) is 4.11. The molecule has 1 heterocycles. The summed E-state index contributed by atoms with van der Waals surface area (Å²) in [5.41, 5.74) is 0.677. The number of amides is 1. The summed E-state index contributed by atoms with van der Waals surface area (Å²) >= 11 is 0. The lowest BCUT2D eigenvalue weighted by molar-refractivity contribution is -0.128. The first-order valence-corrected chi connectivity index (χ1v) is 6.18. The van der Waals surface area contributed by atoms with E-state index in [0.29, 0.717) is 30.2 Å². The van der Waals surface area contributed by atoms with Crippen LogP contribution in [0.3, 0.4) is 0 Å². The maximum atomic E-state index is 11.6. The average Bonchev–Trinajstić information content (AvgIpc) is 2.84. The Morgan fingerprint density at radius 2 is 2.11 bits per heavy atom. The van der Waals surface area contributed by atoms with Crippen LogP contribution in [0.4, 0.5) is 0 Å². The van der Waals surface area contributed by atoms with Gasteiger partial charge in [-0.2, -0.15) is 0 Å². The SMILES string of the molecule is CCN(C)C(=O)CNCc1cc2c(cc1O)OCO2. The van der Waals surface area contributed by atoms with Crippen LogP contribution >= 0.6 is 0 Å². The number of ether oxygens (including phenoxy) is 2. The number of likely N-dealkylation sites (N-methyl/N-ethyl adjacent to an activating group) is 1. The molecule has 1 aromatic rings. The summed E-state index contributed by atoms with van der Waals surface area (Å²) in [7, 11) is 1.75. The molecule has 6 heteroatoms. The first-order valence-electron chi connectivity index (χ1n) is 6.18. The van der Waals surface area contributed by atoms with Gasteiger partial charge in [0.2, 0.25) is 12.7 Å². The normalized spacial score (nSPS) is 12.5. The Morgan fingerprint density at radius 1 is 1.42 bits per heavy atom. The van der Waals surface area contributed by atoms with Gasteiger partial charge in [-0.25, -0.2) is 0 Å². The lowest BCUT2D eigenvalue weighted by atomic mass is 10.1. The number of carbonyl (C=O) groups excluding carboxylic acids is 1. The molecule has 0 bridgehead atoms. The molecule has 0 atom stereocenters. The Balaban J connectivity index is 1.91. The number of fused-ring (bicyclic) bond motifs is 1. The highest BCUT2D eigenvalue weighted by atomic mass is 16.7. The largest absolute Gasteiger partial charge is 0.507 e. The van der Waals surface area contributed by atoms with Crippen molar-refractivity contribution in [1.82, 2.24) is 10.2 Å². The molecule has 104 valence electrons. The predicted octanol–water partition coefficient (Wildman–Crippen LogP) is 0.689. The van der Waals surface area contributed by atoms with Crippen molar-refractivity contribution in [3.05, 3.63) is 17.7 Å². The van der Waals surface area contributed by atoms with Gasteiger partial charge >= 0.3 is 0 Å². The van der Waals surface area contributed by atoms with E-state index < -0.39 is 0 Å². The molecule has 2 N–H and O–H groups in total. The van der Waals surface area contributed by atoms with Gasteiger partial charge in [0.1, 0.15) is 5.75 Å². The first-order chi connectivity index (χ1) is 9.11. The van der Waals surface area contributed by atoms with E-state index in [9.17, 15) is 9.90 Å². The summed E-state index contributed by atoms with van der Waals surface area (Å²) in [6.07, 6.45) is 0. The second-order valence-corrected chi connectivity index (χ2v) is 4.35. The Morgan fingerprint density at radius 3 is 2.79 bits per heavy atom. The van der Waals surface area contributed by atoms with Crippen LogP contribution in [-0.4, -0.2) is 42.8 Å². The summed E-state index contributed by atoms with van der Waals surface area (Å²) in [6.45, 7) is 3.40. The predicted molar refractivity (Wildman–Crippen MR) is 69.2 cm³/mol. The lowest BCUT2D eigenvalue weighted by Gasteiger charge is -2.15. The van der Waals surface area contributed by atoms with Crippen molar-refractivity contribution >= 4 is 5.91 Å². The van der Waals surface area contributed by atoms with Crippen molar-refractivity contribution in [1.29, 1.82) is 0 Å². The first kappa shape index (κ1) is 13.5. The highest BCUT2D eigenvalue weighted by Crippen LogP contribution is 2.37. The van der Waals surface area contributed by atoms with Gasteiger partial charge in [-0.3, -0.25) is 4.79 Å². The molecule has 1 aromatic carbocycles. The van der Waals surface area contributed by atoms with Gasteiger partial charge in [0.25, 0.3) is 0 Å². The van der Waals surface area contributed by atoms with Crippen LogP contribution in [0.25, 0.3) is 0 Å². The number of rotatable bonds is 5. The zero-order valence-electron chi connectivity index (χ0n) is 11.1. The average molecular weight is 266 g/mol. The topological polar surface area (TPSA) is 71.0 Å². The van der Waals surface area contributed by atoms with Gasteiger partial charge in [0.15, 0.2) is 11.5 Å². The zero-order valence-corrected chi connectivity index (χ0v) is 11.1. The van der Waals surface area contributed by atoms with E-state index in [0.717, 1.165) is 0 Å². The van der Waals surface area contributed by atoms with Crippen LogP contribution in [0.1, 0.15) is 12.5 Å². The van der Waals surface area contributed by atoms with Gasteiger partial charge in [-0.15, -0.1) is 0 Å².